The number of hydrogen-bond donors (Lipinski definition) is 1. The van der Waals surface area contributed by atoms with Crippen LogP contribution in [0.4, 0.5) is 4.79 Å². The Morgan fingerprint density at radius 2 is 1.73 bits per heavy atom. The van der Waals surface area contributed by atoms with Crippen LogP contribution in [0.3, 0.4) is 0 Å². The first-order chi connectivity index (χ1) is 17.4. The van der Waals surface area contributed by atoms with Crippen LogP contribution in [0.5, 0.6) is 0 Å². The van der Waals surface area contributed by atoms with Gasteiger partial charge in [0.1, 0.15) is 6.10 Å². The Bertz CT molecular complexity index is 978. The highest BCUT2D eigenvalue weighted by Crippen LogP contribution is 2.68. The van der Waals surface area contributed by atoms with Crippen molar-refractivity contribution in [3.63, 3.8) is 0 Å². The van der Waals surface area contributed by atoms with Gasteiger partial charge in [0.15, 0.2) is 5.78 Å². The molecule has 0 aromatic rings. The van der Waals surface area contributed by atoms with Gasteiger partial charge in [0.05, 0.1) is 11.5 Å². The summed E-state index contributed by atoms with van der Waals surface area (Å²) in [5, 5.41) is 2.55. The molecular formula is C30H46N2O5. The maximum Gasteiger partial charge on any atom is 0.414 e. The largest absolute Gasteiger partial charge is 0.445 e. The predicted molar refractivity (Wildman–Crippen MR) is 141 cm³/mol. The van der Waals surface area contributed by atoms with E-state index in [0.717, 1.165) is 51.6 Å². The Labute approximate surface area is 222 Å². The number of ether oxygens (including phenoxy) is 2. The van der Waals surface area contributed by atoms with Crippen molar-refractivity contribution in [3.8, 4) is 11.8 Å². The lowest BCUT2D eigenvalue weighted by molar-refractivity contribution is -0.188. The molecule has 4 fully saturated rings. The van der Waals surface area contributed by atoms with Gasteiger partial charge in [0.2, 0.25) is 5.91 Å². The van der Waals surface area contributed by atoms with E-state index in [4.69, 9.17) is 9.47 Å². The summed E-state index contributed by atoms with van der Waals surface area (Å²) in [5.41, 5.74) is -1.56. The first-order valence-electron chi connectivity index (χ1n) is 14.1. The number of nitrogens with zero attached hydrogens (tertiary/aromatic N) is 1. The molecule has 2 amide bonds. The minimum Gasteiger partial charge on any atom is -0.445 e. The number of piperidine rings is 1. The lowest BCUT2D eigenvalue weighted by Gasteiger charge is -2.61. The van der Waals surface area contributed by atoms with Gasteiger partial charge in [0.25, 0.3) is 0 Å². The van der Waals surface area contributed by atoms with Crippen LogP contribution in [0.15, 0.2) is 0 Å². The van der Waals surface area contributed by atoms with E-state index in [2.05, 4.69) is 42.8 Å². The van der Waals surface area contributed by atoms with Crippen molar-refractivity contribution >= 4 is 17.8 Å². The highest BCUT2D eigenvalue weighted by Gasteiger charge is 2.68. The van der Waals surface area contributed by atoms with Gasteiger partial charge in [-0.25, -0.2) is 4.79 Å². The molecule has 0 aromatic heterocycles. The maximum atomic E-state index is 14.1. The molecule has 2 bridgehead atoms. The van der Waals surface area contributed by atoms with E-state index >= 15 is 0 Å². The first kappa shape index (κ1) is 28.1. The van der Waals surface area contributed by atoms with Gasteiger partial charge in [-0.15, -0.1) is 5.92 Å². The quantitative estimate of drug-likeness (QED) is 0.561. The molecule has 0 spiro atoms. The van der Waals surface area contributed by atoms with Crippen molar-refractivity contribution in [3.05, 3.63) is 0 Å². The summed E-state index contributed by atoms with van der Waals surface area (Å²) >= 11 is 0. The van der Waals surface area contributed by atoms with Gasteiger partial charge >= 0.3 is 6.09 Å². The van der Waals surface area contributed by atoms with E-state index in [0.29, 0.717) is 6.42 Å². The SMILES string of the molecule is CC#C[C@]1(C)C[C@@H](OC(=O)NC(=O)C2CCN(C)CC2)[C@@]2(C)C3[C@@H](OC)CCC3(CC[C@H]2C)[C@@H](C)C1=O. The number of alkyl carbamates (subject to hydrolysis) is 1. The van der Waals surface area contributed by atoms with Gasteiger partial charge < -0.3 is 14.4 Å². The Morgan fingerprint density at radius 1 is 1.08 bits per heavy atom. The molecule has 2 unspecified atom stereocenters. The Morgan fingerprint density at radius 3 is 2.35 bits per heavy atom. The molecule has 4 rings (SSSR count). The highest BCUT2D eigenvalue weighted by atomic mass is 16.6. The fourth-order valence-electron chi connectivity index (χ4n) is 8.60. The molecular weight excluding hydrogens is 468 g/mol. The number of methoxy groups -OCH3 is 1. The number of likely N-dealkylation sites (tertiary alicyclic amines) is 1. The second-order valence-corrected chi connectivity index (χ2v) is 12.8. The molecule has 8 atom stereocenters. The van der Waals surface area contributed by atoms with E-state index in [1.165, 1.54) is 0 Å². The Hall–Kier alpha value is -1.91. The van der Waals surface area contributed by atoms with E-state index in [-0.39, 0.29) is 46.9 Å². The number of rotatable bonds is 3. The van der Waals surface area contributed by atoms with Crippen molar-refractivity contribution in [2.24, 2.45) is 39.9 Å². The van der Waals surface area contributed by atoms with Crippen molar-refractivity contribution in [2.45, 2.75) is 91.8 Å². The smallest absolute Gasteiger partial charge is 0.414 e. The highest BCUT2D eigenvalue weighted by molar-refractivity contribution is 5.93. The molecule has 0 radical (unpaired) electrons. The number of carbonyl (C=O) groups is 3. The zero-order valence-electron chi connectivity index (χ0n) is 23.8. The average Bonchev–Trinajstić information content (AvgIpc) is 3.26. The van der Waals surface area contributed by atoms with Gasteiger partial charge in [-0.2, -0.15) is 0 Å². The molecule has 1 N–H and O–H groups in total. The van der Waals surface area contributed by atoms with Gasteiger partial charge in [0, 0.05) is 36.7 Å². The monoisotopic (exact) mass is 514 g/mol. The standard InChI is InChI=1S/C30H46N2O5/c1-8-13-28(4)18-23(37-27(35)31-26(34)21-11-16-32(6)17-12-21)29(5)19(2)9-14-30(20(3)25(28)33)15-10-22(36-7)24(29)30/h19-24H,9-12,14-18H2,1-7H3,(H,31,34,35)/t19-,20+,22+,23-,24?,28-,29+,30?/m1/s1. The predicted octanol–water partition coefficient (Wildman–Crippen LogP) is 4.44. The van der Waals surface area contributed by atoms with E-state index < -0.39 is 23.0 Å². The van der Waals surface area contributed by atoms with Crippen molar-refractivity contribution in [1.29, 1.82) is 0 Å². The Kier molecular flexibility index (Phi) is 7.85. The third-order valence-electron chi connectivity index (χ3n) is 11.0. The lowest BCUT2D eigenvalue weighted by atomic mass is 9.44. The van der Waals surface area contributed by atoms with Crippen LogP contribution in [0.25, 0.3) is 0 Å². The summed E-state index contributed by atoms with van der Waals surface area (Å²) in [6.07, 6.45) is 4.23. The summed E-state index contributed by atoms with van der Waals surface area (Å²) in [6, 6.07) is 0. The number of hydrogen-bond acceptors (Lipinski definition) is 6. The minimum atomic E-state index is -0.932. The normalized spacial score (nSPS) is 42.6. The number of carbonyl (C=O) groups excluding carboxylic acids is 3. The molecule has 7 heteroatoms. The molecule has 3 saturated carbocycles. The molecule has 1 aliphatic heterocycles. The summed E-state index contributed by atoms with van der Waals surface area (Å²) in [5.74, 6) is 6.06. The summed E-state index contributed by atoms with van der Waals surface area (Å²) in [7, 11) is 3.80. The van der Waals surface area contributed by atoms with Crippen LogP contribution in [0.2, 0.25) is 0 Å². The average molecular weight is 515 g/mol. The number of amides is 2. The third kappa shape index (κ3) is 4.63. The van der Waals surface area contributed by atoms with Crippen LogP contribution in [-0.4, -0.2) is 62.1 Å². The molecule has 1 heterocycles. The maximum absolute atomic E-state index is 14.1. The second kappa shape index (κ2) is 10.3. The van der Waals surface area contributed by atoms with Gasteiger partial charge in [-0.3, -0.25) is 14.9 Å². The zero-order valence-corrected chi connectivity index (χ0v) is 23.8. The number of Topliss-reactive ketones (excluding diaryl/α,β-unsaturated/α-hetero) is 1. The molecule has 1 saturated heterocycles. The van der Waals surface area contributed by atoms with Crippen molar-refractivity contribution in [1.82, 2.24) is 10.2 Å². The van der Waals surface area contributed by atoms with Crippen LogP contribution < -0.4 is 5.32 Å². The van der Waals surface area contributed by atoms with Crippen LogP contribution >= 0.6 is 0 Å². The molecule has 3 aliphatic carbocycles. The van der Waals surface area contributed by atoms with Gasteiger partial charge in [-0.1, -0.05) is 26.7 Å². The first-order valence-corrected chi connectivity index (χ1v) is 14.1. The molecule has 7 nitrogen and oxygen atoms in total. The van der Waals surface area contributed by atoms with E-state index in [9.17, 15) is 14.4 Å². The fourth-order valence-corrected chi connectivity index (χ4v) is 8.60. The number of imide groups is 1. The van der Waals surface area contributed by atoms with Crippen molar-refractivity contribution in [2.75, 3.05) is 27.2 Å². The topological polar surface area (TPSA) is 84.9 Å². The summed E-state index contributed by atoms with van der Waals surface area (Å²) in [6.45, 7) is 11.9. The Balaban J connectivity index is 1.69. The molecule has 206 valence electrons. The molecule has 0 aromatic carbocycles. The summed E-state index contributed by atoms with van der Waals surface area (Å²) < 4.78 is 12.3. The third-order valence-corrected chi connectivity index (χ3v) is 11.0. The lowest BCUT2D eigenvalue weighted by Crippen LogP contribution is -2.63. The van der Waals surface area contributed by atoms with Crippen molar-refractivity contribution < 1.29 is 23.9 Å². The van der Waals surface area contributed by atoms with Gasteiger partial charge in [-0.05, 0) is 83.8 Å². The van der Waals surface area contributed by atoms with Crippen LogP contribution in [0, 0.1) is 51.8 Å². The second-order valence-electron chi connectivity index (χ2n) is 12.8. The van der Waals surface area contributed by atoms with Crippen LogP contribution in [0.1, 0.15) is 79.6 Å². The molecule has 4 aliphatic rings. The minimum absolute atomic E-state index is 0.000336. The van der Waals surface area contributed by atoms with Crippen LogP contribution in [-0.2, 0) is 19.1 Å². The number of ketones is 1. The van der Waals surface area contributed by atoms with E-state index in [1.54, 1.807) is 14.0 Å². The molecule has 37 heavy (non-hydrogen) atoms. The fraction of sp³-hybridized carbons (Fsp3) is 0.833. The van der Waals surface area contributed by atoms with E-state index in [1.807, 2.05) is 14.0 Å². The summed E-state index contributed by atoms with van der Waals surface area (Å²) in [4.78, 5) is 42.5. The number of nitrogens with one attached hydrogen (secondary N) is 1. The zero-order chi connectivity index (χ0) is 27.2.